The van der Waals surface area contributed by atoms with Crippen molar-refractivity contribution < 1.29 is 14.3 Å². The number of ether oxygens (including phenoxy) is 1. The molecule has 2 aliphatic carbocycles. The number of hydrogen-bond donors (Lipinski definition) is 1. The highest BCUT2D eigenvalue weighted by molar-refractivity contribution is 5.93. The predicted molar refractivity (Wildman–Crippen MR) is 101 cm³/mol. The second kappa shape index (κ2) is 7.45. The number of aromatic nitrogens is 1. The number of hydrogen-bond acceptors (Lipinski definition) is 3. The zero-order valence-electron chi connectivity index (χ0n) is 16.7. The van der Waals surface area contributed by atoms with Crippen molar-refractivity contribution in [2.75, 3.05) is 0 Å². The summed E-state index contributed by atoms with van der Waals surface area (Å²) in [5.74, 6) is 0.464. The quantitative estimate of drug-likeness (QED) is 0.810. The number of aryl methyl sites for hydroxylation is 1. The lowest BCUT2D eigenvalue weighted by Gasteiger charge is -2.35. The molecule has 144 valence electrons. The van der Waals surface area contributed by atoms with E-state index in [4.69, 9.17) is 4.74 Å². The highest BCUT2D eigenvalue weighted by Crippen LogP contribution is 2.38. The first-order valence-corrected chi connectivity index (χ1v) is 9.99. The molecule has 3 rings (SSSR count). The average Bonchev–Trinajstić information content (AvgIpc) is 3.36. The first-order chi connectivity index (χ1) is 12.3. The number of carbonyl (C=O) groups excluding carboxylic acids is 2. The van der Waals surface area contributed by atoms with E-state index in [1.165, 1.54) is 19.3 Å². The van der Waals surface area contributed by atoms with E-state index >= 15 is 0 Å². The molecule has 0 aliphatic heterocycles. The van der Waals surface area contributed by atoms with Gasteiger partial charge in [0.2, 0.25) is 0 Å². The zero-order valence-corrected chi connectivity index (χ0v) is 16.7. The van der Waals surface area contributed by atoms with Crippen LogP contribution in [0, 0.1) is 25.7 Å². The van der Waals surface area contributed by atoms with Gasteiger partial charge in [0.05, 0.1) is 5.56 Å². The molecule has 0 bridgehead atoms. The normalized spacial score (nSPS) is 27.0. The Bertz CT molecular complexity index is 690. The second-order valence-corrected chi connectivity index (χ2v) is 8.32. The molecule has 1 heterocycles. The van der Waals surface area contributed by atoms with Crippen molar-refractivity contribution in [2.45, 2.75) is 84.9 Å². The van der Waals surface area contributed by atoms with Crippen LogP contribution < -0.4 is 5.32 Å². The van der Waals surface area contributed by atoms with Crippen molar-refractivity contribution >= 4 is 11.9 Å². The number of rotatable bonds is 5. The van der Waals surface area contributed by atoms with Crippen molar-refractivity contribution in [3.8, 4) is 0 Å². The van der Waals surface area contributed by atoms with Crippen molar-refractivity contribution in [3.05, 3.63) is 23.0 Å². The van der Waals surface area contributed by atoms with Gasteiger partial charge in [-0.15, -0.1) is 0 Å². The third-order valence-electron chi connectivity index (χ3n) is 6.30. The Labute approximate surface area is 156 Å². The van der Waals surface area contributed by atoms with Crippen molar-refractivity contribution in [3.63, 3.8) is 0 Å². The summed E-state index contributed by atoms with van der Waals surface area (Å²) in [6.45, 7) is 10.1. The van der Waals surface area contributed by atoms with Crippen LogP contribution in [0.5, 0.6) is 0 Å². The van der Waals surface area contributed by atoms with Crippen LogP contribution in [0.1, 0.15) is 80.7 Å². The van der Waals surface area contributed by atoms with E-state index in [0.29, 0.717) is 23.4 Å². The van der Waals surface area contributed by atoms with Crippen LogP contribution in [0.3, 0.4) is 0 Å². The Morgan fingerprint density at radius 3 is 2.54 bits per heavy atom. The van der Waals surface area contributed by atoms with E-state index in [1.54, 1.807) is 6.92 Å². The molecule has 5 heteroatoms. The molecule has 1 amide bonds. The molecular formula is C21H32N2O3. The summed E-state index contributed by atoms with van der Waals surface area (Å²) in [6.07, 6.45) is 4.91. The standard InChI is InChI=1S/C21H32N2O3/c1-12-7-6-8-19(14(12)3)22-20(24)16(5)26-21(25)18-11-13(2)23(15(18)4)17-9-10-17/h11-12,14,16-17,19H,6-10H2,1-5H3,(H,22,24)/t12-,14-,16-,19+/m0/s1. The largest absolute Gasteiger partial charge is 0.449 e. The van der Waals surface area contributed by atoms with E-state index in [1.807, 2.05) is 19.9 Å². The Hall–Kier alpha value is -1.78. The van der Waals surface area contributed by atoms with Gasteiger partial charge < -0.3 is 14.6 Å². The monoisotopic (exact) mass is 360 g/mol. The first kappa shape index (κ1) is 19.0. The fourth-order valence-electron chi connectivity index (χ4n) is 4.24. The fourth-order valence-corrected chi connectivity index (χ4v) is 4.24. The SMILES string of the molecule is Cc1cc(C(=O)O[C@@H](C)C(=O)N[C@@H]2CCC[C@H](C)[C@@H]2C)c(C)n1C1CC1. The molecule has 0 unspecified atom stereocenters. The molecule has 5 nitrogen and oxygen atoms in total. The van der Waals surface area contributed by atoms with Crippen LogP contribution in [-0.2, 0) is 9.53 Å². The third kappa shape index (κ3) is 3.81. The molecule has 0 spiro atoms. The number of carbonyl (C=O) groups is 2. The minimum Gasteiger partial charge on any atom is -0.449 e. The van der Waals surface area contributed by atoms with Crippen molar-refractivity contribution in [2.24, 2.45) is 11.8 Å². The Morgan fingerprint density at radius 2 is 1.88 bits per heavy atom. The maximum Gasteiger partial charge on any atom is 0.340 e. The summed E-state index contributed by atoms with van der Waals surface area (Å²) in [6, 6.07) is 2.57. The lowest BCUT2D eigenvalue weighted by atomic mass is 9.78. The van der Waals surface area contributed by atoms with Gasteiger partial charge in [-0.05, 0) is 57.9 Å². The summed E-state index contributed by atoms with van der Waals surface area (Å²) in [4.78, 5) is 25.1. The van der Waals surface area contributed by atoms with E-state index < -0.39 is 12.1 Å². The van der Waals surface area contributed by atoms with Gasteiger partial charge in [-0.1, -0.05) is 26.7 Å². The summed E-state index contributed by atoms with van der Waals surface area (Å²) >= 11 is 0. The Morgan fingerprint density at radius 1 is 1.19 bits per heavy atom. The second-order valence-electron chi connectivity index (χ2n) is 8.32. The highest BCUT2D eigenvalue weighted by atomic mass is 16.5. The van der Waals surface area contributed by atoms with Crippen molar-refractivity contribution in [1.29, 1.82) is 0 Å². The number of amides is 1. The molecule has 2 fully saturated rings. The van der Waals surface area contributed by atoms with Gasteiger partial charge in [0, 0.05) is 23.5 Å². The summed E-state index contributed by atoms with van der Waals surface area (Å²) in [5.41, 5.74) is 2.60. The van der Waals surface area contributed by atoms with Gasteiger partial charge in [-0.25, -0.2) is 4.79 Å². The lowest BCUT2D eigenvalue weighted by molar-refractivity contribution is -0.130. The van der Waals surface area contributed by atoms with E-state index in [2.05, 4.69) is 23.7 Å². The smallest absolute Gasteiger partial charge is 0.340 e. The fraction of sp³-hybridized carbons (Fsp3) is 0.714. The van der Waals surface area contributed by atoms with Crippen LogP contribution in [-0.4, -0.2) is 28.6 Å². The van der Waals surface area contributed by atoms with Crippen LogP contribution in [0.4, 0.5) is 0 Å². The molecule has 4 atom stereocenters. The molecule has 0 saturated heterocycles. The van der Waals surface area contributed by atoms with Crippen LogP contribution >= 0.6 is 0 Å². The summed E-state index contributed by atoms with van der Waals surface area (Å²) in [7, 11) is 0. The highest BCUT2D eigenvalue weighted by Gasteiger charge is 2.32. The summed E-state index contributed by atoms with van der Waals surface area (Å²) in [5, 5.41) is 3.09. The molecule has 1 aromatic heterocycles. The maximum absolute atomic E-state index is 12.6. The third-order valence-corrected chi connectivity index (χ3v) is 6.30. The molecule has 0 aromatic carbocycles. The predicted octanol–water partition coefficient (Wildman–Crippen LogP) is 3.93. The number of esters is 1. The van der Waals surface area contributed by atoms with Gasteiger partial charge in [0.1, 0.15) is 0 Å². The molecule has 2 aliphatic rings. The average molecular weight is 360 g/mol. The topological polar surface area (TPSA) is 60.3 Å². The zero-order chi connectivity index (χ0) is 19.0. The maximum atomic E-state index is 12.6. The van der Waals surface area contributed by atoms with Crippen LogP contribution in [0.2, 0.25) is 0 Å². The molecule has 1 N–H and O–H groups in total. The summed E-state index contributed by atoms with van der Waals surface area (Å²) < 4.78 is 7.70. The van der Waals surface area contributed by atoms with Gasteiger partial charge in [0.25, 0.3) is 5.91 Å². The van der Waals surface area contributed by atoms with E-state index in [-0.39, 0.29) is 11.9 Å². The van der Waals surface area contributed by atoms with E-state index in [0.717, 1.165) is 24.2 Å². The Balaban J connectivity index is 1.60. The molecule has 0 radical (unpaired) electrons. The minimum atomic E-state index is -0.782. The number of nitrogens with one attached hydrogen (secondary N) is 1. The molecular weight excluding hydrogens is 328 g/mol. The molecule has 26 heavy (non-hydrogen) atoms. The molecule has 1 aromatic rings. The van der Waals surface area contributed by atoms with Crippen LogP contribution in [0.25, 0.3) is 0 Å². The van der Waals surface area contributed by atoms with Gasteiger partial charge in [-0.3, -0.25) is 4.79 Å². The van der Waals surface area contributed by atoms with Gasteiger partial charge in [0.15, 0.2) is 6.10 Å². The van der Waals surface area contributed by atoms with Crippen LogP contribution in [0.15, 0.2) is 6.07 Å². The molecule has 2 saturated carbocycles. The first-order valence-electron chi connectivity index (χ1n) is 9.99. The number of nitrogens with zero attached hydrogens (tertiary/aromatic N) is 1. The van der Waals surface area contributed by atoms with Gasteiger partial charge >= 0.3 is 5.97 Å². The van der Waals surface area contributed by atoms with Gasteiger partial charge in [-0.2, -0.15) is 0 Å². The Kier molecular flexibility index (Phi) is 5.44. The minimum absolute atomic E-state index is 0.173. The van der Waals surface area contributed by atoms with E-state index in [9.17, 15) is 9.59 Å². The van der Waals surface area contributed by atoms with Crippen molar-refractivity contribution in [1.82, 2.24) is 9.88 Å². The lowest BCUT2D eigenvalue weighted by Crippen LogP contribution is -2.47.